The van der Waals surface area contributed by atoms with Gasteiger partial charge in [-0.15, -0.1) is 11.8 Å². The summed E-state index contributed by atoms with van der Waals surface area (Å²) in [5.41, 5.74) is 1.03. The van der Waals surface area contributed by atoms with Gasteiger partial charge in [-0.05, 0) is 49.3 Å². The van der Waals surface area contributed by atoms with Gasteiger partial charge in [0.25, 0.3) is 10.0 Å². The molecule has 2 N–H and O–H groups in total. The molecule has 0 saturated heterocycles. The molecule has 4 aromatic rings. The molecule has 1 aromatic heterocycles. The molecule has 0 aliphatic carbocycles. The summed E-state index contributed by atoms with van der Waals surface area (Å²) in [6.07, 6.45) is 3.25. The highest BCUT2D eigenvalue weighted by Gasteiger charge is 2.41. The van der Waals surface area contributed by atoms with E-state index in [0.717, 1.165) is 29.8 Å². The first-order valence-corrected chi connectivity index (χ1v) is 17.7. The minimum absolute atomic E-state index is 0.0717. The fourth-order valence-electron chi connectivity index (χ4n) is 4.98. The molecule has 1 unspecified atom stereocenters. The zero-order chi connectivity index (χ0) is 33.3. The van der Waals surface area contributed by atoms with Crippen LogP contribution in [-0.4, -0.2) is 48.0 Å². The van der Waals surface area contributed by atoms with Crippen molar-refractivity contribution in [2.24, 2.45) is 0 Å². The Morgan fingerprint density at radius 2 is 1.63 bits per heavy atom. The molecular weight excluding hydrogens is 627 g/mol. The first-order chi connectivity index (χ1) is 22.0. The molecule has 0 saturated carbocycles. The lowest BCUT2D eigenvalue weighted by Gasteiger charge is -2.24. The SMILES string of the molecule is CCCCc1nc(SC)c(C(C)(O)C(=O)OCC)n1Cc1ccc(-c2ccccc2S(=O)(=O)NC(=O)OCc2ccccc2)cc1. The minimum Gasteiger partial charge on any atom is -0.464 e. The summed E-state index contributed by atoms with van der Waals surface area (Å²) in [6.45, 7) is 5.56. The van der Waals surface area contributed by atoms with Gasteiger partial charge >= 0.3 is 12.1 Å². The number of rotatable bonds is 14. The molecule has 1 atom stereocenters. The van der Waals surface area contributed by atoms with E-state index in [-0.39, 0.29) is 18.1 Å². The van der Waals surface area contributed by atoms with Crippen molar-refractivity contribution in [1.82, 2.24) is 14.3 Å². The number of hydrogen-bond donors (Lipinski definition) is 2. The average Bonchev–Trinajstić information content (AvgIpc) is 3.41. The number of aryl methyl sites for hydroxylation is 1. The predicted molar refractivity (Wildman–Crippen MR) is 177 cm³/mol. The Kier molecular flexibility index (Phi) is 11.7. The van der Waals surface area contributed by atoms with Crippen molar-refractivity contribution in [3.63, 3.8) is 0 Å². The van der Waals surface area contributed by atoms with E-state index in [0.29, 0.717) is 34.8 Å². The van der Waals surface area contributed by atoms with Gasteiger partial charge in [-0.2, -0.15) is 0 Å². The molecule has 0 aliphatic rings. The van der Waals surface area contributed by atoms with Crippen molar-refractivity contribution in [3.05, 3.63) is 102 Å². The summed E-state index contributed by atoms with van der Waals surface area (Å²) in [6, 6.07) is 22.6. The number of thioether (sulfide) groups is 1. The van der Waals surface area contributed by atoms with E-state index in [1.165, 1.54) is 24.8 Å². The van der Waals surface area contributed by atoms with Gasteiger partial charge in [0.1, 0.15) is 17.5 Å². The van der Waals surface area contributed by atoms with Crippen LogP contribution in [0.5, 0.6) is 0 Å². The molecule has 244 valence electrons. The molecule has 0 fully saturated rings. The molecule has 1 heterocycles. The Morgan fingerprint density at radius 3 is 2.28 bits per heavy atom. The second kappa shape index (κ2) is 15.4. The molecule has 0 radical (unpaired) electrons. The quantitative estimate of drug-likeness (QED) is 0.122. The number of ether oxygens (including phenoxy) is 2. The molecule has 0 bridgehead atoms. The lowest BCUT2D eigenvalue weighted by molar-refractivity contribution is -0.165. The predicted octanol–water partition coefficient (Wildman–Crippen LogP) is 6.05. The van der Waals surface area contributed by atoms with Crippen molar-refractivity contribution in [3.8, 4) is 11.1 Å². The summed E-state index contributed by atoms with van der Waals surface area (Å²) in [5, 5.41) is 12.0. The molecule has 10 nitrogen and oxygen atoms in total. The van der Waals surface area contributed by atoms with E-state index in [1.54, 1.807) is 61.5 Å². The van der Waals surface area contributed by atoms with Gasteiger partial charge in [0.2, 0.25) is 5.60 Å². The van der Waals surface area contributed by atoms with E-state index < -0.39 is 27.7 Å². The van der Waals surface area contributed by atoms with Crippen molar-refractivity contribution in [2.75, 3.05) is 12.9 Å². The highest BCUT2D eigenvalue weighted by Crippen LogP contribution is 2.34. The molecule has 12 heteroatoms. The van der Waals surface area contributed by atoms with Crippen molar-refractivity contribution < 1.29 is 32.6 Å². The zero-order valence-corrected chi connectivity index (χ0v) is 28.0. The van der Waals surface area contributed by atoms with E-state index in [2.05, 4.69) is 6.92 Å². The third kappa shape index (κ3) is 8.17. The van der Waals surface area contributed by atoms with Crippen molar-refractivity contribution in [1.29, 1.82) is 0 Å². The number of nitrogens with one attached hydrogen (secondary N) is 1. The van der Waals surface area contributed by atoms with Crippen LogP contribution < -0.4 is 4.72 Å². The molecule has 0 aliphatic heterocycles. The van der Waals surface area contributed by atoms with Crippen LogP contribution in [0.25, 0.3) is 11.1 Å². The summed E-state index contributed by atoms with van der Waals surface area (Å²) < 4.78 is 40.7. The van der Waals surface area contributed by atoms with Crippen LogP contribution in [0.3, 0.4) is 0 Å². The first-order valence-electron chi connectivity index (χ1n) is 15.0. The molecule has 46 heavy (non-hydrogen) atoms. The van der Waals surface area contributed by atoms with Gasteiger partial charge in [0.15, 0.2) is 0 Å². The van der Waals surface area contributed by atoms with Gasteiger partial charge in [-0.1, -0.05) is 86.1 Å². The second-order valence-electron chi connectivity index (χ2n) is 10.7. The van der Waals surface area contributed by atoms with Crippen molar-refractivity contribution >= 4 is 33.8 Å². The van der Waals surface area contributed by atoms with E-state index in [4.69, 9.17) is 14.5 Å². The minimum atomic E-state index is -4.26. The third-order valence-corrected chi connectivity index (χ3v) is 9.35. The Hall–Kier alpha value is -4.13. The number of benzene rings is 3. The number of hydrogen-bond acceptors (Lipinski definition) is 9. The average molecular weight is 666 g/mol. The fraction of sp³-hybridized carbons (Fsp3) is 0.324. The highest BCUT2D eigenvalue weighted by atomic mass is 32.2. The Labute approximate surface area is 274 Å². The van der Waals surface area contributed by atoms with Crippen LogP contribution in [-0.2, 0) is 49.5 Å². The molecular formula is C34H39N3O7S2. The van der Waals surface area contributed by atoms with Crippen LogP contribution in [0, 0.1) is 0 Å². The zero-order valence-electron chi connectivity index (χ0n) is 26.4. The molecule has 0 spiro atoms. The number of aromatic nitrogens is 2. The largest absolute Gasteiger partial charge is 0.464 e. The van der Waals surface area contributed by atoms with Crippen LogP contribution in [0.2, 0.25) is 0 Å². The molecule has 3 aromatic carbocycles. The van der Waals surface area contributed by atoms with Crippen molar-refractivity contribution in [2.45, 2.75) is 68.7 Å². The van der Waals surface area contributed by atoms with Gasteiger partial charge in [0.05, 0.1) is 17.2 Å². The number of aliphatic hydroxyl groups is 1. The summed E-state index contributed by atoms with van der Waals surface area (Å²) in [7, 11) is -4.26. The third-order valence-electron chi connectivity index (χ3n) is 7.31. The van der Waals surface area contributed by atoms with Crippen LogP contribution in [0.15, 0.2) is 88.8 Å². The second-order valence-corrected chi connectivity index (χ2v) is 13.2. The van der Waals surface area contributed by atoms with E-state index >= 15 is 0 Å². The van der Waals surface area contributed by atoms with Gasteiger partial charge in [-0.3, -0.25) is 0 Å². The molecule has 4 rings (SSSR count). The van der Waals surface area contributed by atoms with E-state index in [1.807, 2.05) is 33.7 Å². The first kappa shape index (κ1) is 34.7. The summed E-state index contributed by atoms with van der Waals surface area (Å²) in [4.78, 5) is 29.9. The maximum Gasteiger partial charge on any atom is 0.421 e. The smallest absolute Gasteiger partial charge is 0.421 e. The number of unbranched alkanes of at least 4 members (excludes halogenated alkanes) is 1. The normalized spacial score (nSPS) is 12.7. The number of sulfonamides is 1. The maximum atomic E-state index is 13.3. The Balaban J connectivity index is 1.61. The summed E-state index contributed by atoms with van der Waals surface area (Å²) >= 11 is 1.35. The van der Waals surface area contributed by atoms with Crippen LogP contribution in [0.4, 0.5) is 4.79 Å². The lowest BCUT2D eigenvalue weighted by atomic mass is 10.0. The number of esters is 1. The number of carbonyl (C=O) groups is 2. The lowest BCUT2D eigenvalue weighted by Crippen LogP contribution is -2.37. The highest BCUT2D eigenvalue weighted by molar-refractivity contribution is 7.98. The Bertz CT molecular complexity index is 1750. The number of amides is 1. The van der Waals surface area contributed by atoms with E-state index in [9.17, 15) is 23.1 Å². The van der Waals surface area contributed by atoms with Gasteiger partial charge < -0.3 is 19.1 Å². The Morgan fingerprint density at radius 1 is 0.957 bits per heavy atom. The molecule has 1 amide bonds. The van der Waals surface area contributed by atoms with Crippen LogP contribution in [0.1, 0.15) is 56.3 Å². The monoisotopic (exact) mass is 665 g/mol. The van der Waals surface area contributed by atoms with Gasteiger partial charge in [-0.25, -0.2) is 27.7 Å². The summed E-state index contributed by atoms with van der Waals surface area (Å²) in [5.74, 6) is -0.00396. The standard InChI is InChI=1S/C34H39N3O7S2/c1-5-7-17-29-35-31(45-4)30(34(3,40)32(38)43-6-2)37(29)22-24-18-20-26(21-19-24)27-15-11-12-16-28(27)46(41,42)36-33(39)44-23-25-13-9-8-10-14-25/h8-16,18-21,40H,5-7,17,22-23H2,1-4H3,(H,36,39). The number of nitrogens with zero attached hydrogens (tertiary/aromatic N) is 2. The number of carbonyl (C=O) groups excluding carboxylic acids is 2. The fourth-order valence-corrected chi connectivity index (χ4v) is 6.80. The van der Waals surface area contributed by atoms with Gasteiger partial charge in [0, 0.05) is 18.5 Å². The number of imidazole rings is 1. The maximum absolute atomic E-state index is 13.3. The van der Waals surface area contributed by atoms with Crippen LogP contribution >= 0.6 is 11.8 Å². The topological polar surface area (TPSA) is 137 Å².